The van der Waals surface area contributed by atoms with Gasteiger partial charge in [0.05, 0.1) is 6.04 Å². The van der Waals surface area contributed by atoms with Crippen LogP contribution in [0.25, 0.3) is 0 Å². The van der Waals surface area contributed by atoms with Crippen LogP contribution in [0.4, 0.5) is 0 Å². The lowest BCUT2D eigenvalue weighted by Gasteiger charge is -2.22. The molecule has 0 saturated carbocycles. The molecule has 0 aliphatic carbocycles. The van der Waals surface area contributed by atoms with Crippen molar-refractivity contribution in [1.29, 1.82) is 0 Å². The van der Waals surface area contributed by atoms with E-state index in [4.69, 9.17) is 4.74 Å². The first-order chi connectivity index (χ1) is 8.18. The van der Waals surface area contributed by atoms with E-state index in [-0.39, 0.29) is 24.0 Å². The van der Waals surface area contributed by atoms with Crippen LogP contribution in [0.5, 0.6) is 0 Å². The highest BCUT2D eigenvalue weighted by Crippen LogP contribution is 2.20. The lowest BCUT2D eigenvalue weighted by molar-refractivity contribution is -0.124. The first-order valence-corrected chi connectivity index (χ1v) is 6.71. The van der Waals surface area contributed by atoms with Gasteiger partial charge in [-0.2, -0.15) is 4.99 Å². The second-order valence-electron chi connectivity index (χ2n) is 5.28. The zero-order valence-electron chi connectivity index (χ0n) is 10.7. The summed E-state index contributed by atoms with van der Waals surface area (Å²) in [5.41, 5.74) is 0. The Morgan fingerprint density at radius 1 is 1.29 bits per heavy atom. The predicted molar refractivity (Wildman–Crippen MR) is 67.0 cm³/mol. The van der Waals surface area contributed by atoms with E-state index < -0.39 is 0 Å². The van der Waals surface area contributed by atoms with E-state index in [0.717, 1.165) is 13.0 Å². The molecule has 2 aliphatic rings. The molecular weight excluding hydrogens is 216 g/mol. The lowest BCUT2D eigenvalue weighted by Crippen LogP contribution is -2.39. The second-order valence-corrected chi connectivity index (χ2v) is 5.28. The first kappa shape index (κ1) is 12.6. The van der Waals surface area contributed by atoms with Crippen molar-refractivity contribution in [3.8, 4) is 0 Å². The fraction of sp³-hybridized carbons (Fsp3) is 0.846. The summed E-state index contributed by atoms with van der Waals surface area (Å²) in [4.78, 5) is 15.8. The first-order valence-electron chi connectivity index (χ1n) is 6.71. The van der Waals surface area contributed by atoms with Crippen LogP contribution in [0.1, 0.15) is 46.0 Å². The third-order valence-electron chi connectivity index (χ3n) is 3.43. The fourth-order valence-electron chi connectivity index (χ4n) is 2.38. The van der Waals surface area contributed by atoms with Crippen molar-refractivity contribution in [2.45, 2.75) is 58.1 Å². The van der Waals surface area contributed by atoms with Gasteiger partial charge in [0.1, 0.15) is 0 Å². The van der Waals surface area contributed by atoms with E-state index in [1.54, 1.807) is 0 Å². The molecular formula is C13H22N2O2. The largest absolute Gasteiger partial charge is 0.466 e. The van der Waals surface area contributed by atoms with Gasteiger partial charge >= 0.3 is 0 Å². The van der Waals surface area contributed by atoms with Crippen molar-refractivity contribution in [1.82, 2.24) is 5.32 Å². The van der Waals surface area contributed by atoms with Crippen LogP contribution in [0, 0.1) is 5.92 Å². The molecule has 1 fully saturated rings. The number of rotatable bonds is 2. The summed E-state index contributed by atoms with van der Waals surface area (Å²) in [5, 5.41) is 3.44. The number of carbonyl (C=O) groups excluding carboxylic acids is 1. The van der Waals surface area contributed by atoms with Crippen LogP contribution >= 0.6 is 0 Å². The molecule has 0 bridgehead atoms. The molecule has 1 N–H and O–H groups in total. The summed E-state index contributed by atoms with van der Waals surface area (Å²) in [6.45, 7) is 4.98. The van der Waals surface area contributed by atoms with E-state index in [2.05, 4.69) is 10.3 Å². The Morgan fingerprint density at radius 3 is 2.76 bits per heavy atom. The molecule has 2 heterocycles. The Hall–Kier alpha value is -0.900. The van der Waals surface area contributed by atoms with Crippen molar-refractivity contribution in [2.75, 3.05) is 6.54 Å². The SMILES string of the molecule is CC(C)C1OC(C2CCCCCCN2)=NC1=O. The van der Waals surface area contributed by atoms with E-state index in [1.165, 1.54) is 25.7 Å². The van der Waals surface area contributed by atoms with E-state index in [1.807, 2.05) is 13.8 Å². The van der Waals surface area contributed by atoms with Crippen molar-refractivity contribution in [3.05, 3.63) is 0 Å². The Kier molecular flexibility index (Phi) is 4.15. The standard InChI is InChI=1S/C13H22N2O2/c1-9(2)11-12(16)15-13(17-11)10-7-5-3-4-6-8-14-10/h9-11,14H,3-8H2,1-2H3. The maximum atomic E-state index is 11.7. The number of nitrogens with one attached hydrogen (secondary N) is 1. The number of aliphatic imine (C=N–C) groups is 1. The lowest BCUT2D eigenvalue weighted by atomic mass is 10.0. The van der Waals surface area contributed by atoms with Crippen molar-refractivity contribution < 1.29 is 9.53 Å². The summed E-state index contributed by atoms with van der Waals surface area (Å²) >= 11 is 0. The topological polar surface area (TPSA) is 50.7 Å². The van der Waals surface area contributed by atoms with Gasteiger partial charge in [0, 0.05) is 0 Å². The Balaban J connectivity index is 1.97. The summed E-state index contributed by atoms with van der Waals surface area (Å²) in [7, 11) is 0. The molecule has 96 valence electrons. The normalized spacial score (nSPS) is 30.8. The molecule has 4 heteroatoms. The molecule has 0 spiro atoms. The fourth-order valence-corrected chi connectivity index (χ4v) is 2.38. The minimum Gasteiger partial charge on any atom is -0.466 e. The molecule has 0 aromatic carbocycles. The third kappa shape index (κ3) is 3.06. The summed E-state index contributed by atoms with van der Waals surface area (Å²) in [6.07, 6.45) is 5.61. The quantitative estimate of drug-likeness (QED) is 0.799. The molecule has 2 atom stereocenters. The van der Waals surface area contributed by atoms with Crippen molar-refractivity contribution in [2.24, 2.45) is 10.9 Å². The molecule has 17 heavy (non-hydrogen) atoms. The van der Waals surface area contributed by atoms with Gasteiger partial charge in [0.2, 0.25) is 5.90 Å². The minimum absolute atomic E-state index is 0.112. The van der Waals surface area contributed by atoms with Gasteiger partial charge in [-0.15, -0.1) is 0 Å². The monoisotopic (exact) mass is 238 g/mol. The molecule has 2 unspecified atom stereocenters. The minimum atomic E-state index is -0.364. The molecule has 1 saturated heterocycles. The summed E-state index contributed by atoms with van der Waals surface area (Å²) in [6, 6.07) is 0.142. The molecule has 2 rings (SSSR count). The van der Waals surface area contributed by atoms with Gasteiger partial charge in [-0.05, 0) is 25.3 Å². The third-order valence-corrected chi connectivity index (χ3v) is 3.43. The molecule has 4 nitrogen and oxygen atoms in total. The van der Waals surface area contributed by atoms with Crippen LogP contribution in [-0.2, 0) is 9.53 Å². The number of hydrogen-bond donors (Lipinski definition) is 1. The summed E-state index contributed by atoms with van der Waals surface area (Å²) in [5.74, 6) is 0.701. The van der Waals surface area contributed by atoms with Gasteiger partial charge in [-0.3, -0.25) is 4.79 Å². The highest BCUT2D eigenvalue weighted by molar-refractivity contribution is 6.01. The maximum absolute atomic E-state index is 11.7. The highest BCUT2D eigenvalue weighted by atomic mass is 16.5. The number of nitrogens with zero attached hydrogens (tertiary/aromatic N) is 1. The zero-order chi connectivity index (χ0) is 12.3. The molecule has 1 amide bonds. The molecule has 0 radical (unpaired) electrons. The van der Waals surface area contributed by atoms with Crippen LogP contribution in [-0.4, -0.2) is 30.5 Å². The second kappa shape index (κ2) is 5.63. The van der Waals surface area contributed by atoms with Crippen LogP contribution < -0.4 is 5.32 Å². The van der Waals surface area contributed by atoms with Crippen LogP contribution in [0.3, 0.4) is 0 Å². The van der Waals surface area contributed by atoms with Crippen molar-refractivity contribution in [3.63, 3.8) is 0 Å². The van der Waals surface area contributed by atoms with Gasteiger partial charge in [0.25, 0.3) is 5.91 Å². The van der Waals surface area contributed by atoms with Crippen LogP contribution in [0.2, 0.25) is 0 Å². The van der Waals surface area contributed by atoms with Gasteiger partial charge in [-0.1, -0.05) is 33.1 Å². The molecule has 0 aromatic rings. The van der Waals surface area contributed by atoms with E-state index in [9.17, 15) is 4.79 Å². The van der Waals surface area contributed by atoms with E-state index >= 15 is 0 Å². The molecule has 2 aliphatic heterocycles. The van der Waals surface area contributed by atoms with Gasteiger partial charge in [0.15, 0.2) is 6.10 Å². The maximum Gasteiger partial charge on any atom is 0.290 e. The number of amides is 1. The average Bonchev–Trinajstić information content (AvgIpc) is 2.59. The van der Waals surface area contributed by atoms with Gasteiger partial charge < -0.3 is 10.1 Å². The Morgan fingerprint density at radius 2 is 2.06 bits per heavy atom. The smallest absolute Gasteiger partial charge is 0.290 e. The van der Waals surface area contributed by atoms with Gasteiger partial charge in [-0.25, -0.2) is 0 Å². The molecule has 0 aromatic heterocycles. The van der Waals surface area contributed by atoms with E-state index in [0.29, 0.717) is 5.90 Å². The predicted octanol–water partition coefficient (Wildman–Crippen LogP) is 1.89. The number of carbonyl (C=O) groups is 1. The average molecular weight is 238 g/mol. The summed E-state index contributed by atoms with van der Waals surface area (Å²) < 4.78 is 5.71. The van der Waals surface area contributed by atoms with Crippen molar-refractivity contribution >= 4 is 11.8 Å². The Bertz CT molecular complexity index is 305. The highest BCUT2D eigenvalue weighted by Gasteiger charge is 2.34. The number of hydrogen-bond acceptors (Lipinski definition) is 3. The van der Waals surface area contributed by atoms with Crippen LogP contribution in [0.15, 0.2) is 4.99 Å². The Labute approximate surface area is 103 Å². The zero-order valence-corrected chi connectivity index (χ0v) is 10.7. The number of ether oxygens (including phenoxy) is 1.